The van der Waals surface area contributed by atoms with Gasteiger partial charge in [0.05, 0.1) is 6.20 Å². The zero-order valence-electron chi connectivity index (χ0n) is 17.9. The fourth-order valence-corrected chi connectivity index (χ4v) is 4.49. The number of benzene rings is 1. The van der Waals surface area contributed by atoms with Gasteiger partial charge in [0.15, 0.2) is 5.82 Å². The molecule has 2 saturated heterocycles. The maximum absolute atomic E-state index is 11.6. The lowest BCUT2D eigenvalue weighted by Crippen LogP contribution is -2.36. The normalized spacial score (nSPS) is 19.9. The summed E-state index contributed by atoms with van der Waals surface area (Å²) in [6.07, 6.45) is 6.16. The average molecular weight is 441 g/mol. The zero-order chi connectivity index (χ0) is 21.8. The highest BCUT2D eigenvalue weighted by molar-refractivity contribution is 6.32. The fraction of sp³-hybridized carbons (Fsp3) is 0.435. The molecule has 0 saturated carbocycles. The van der Waals surface area contributed by atoms with Gasteiger partial charge in [-0.05, 0) is 69.1 Å². The lowest BCUT2D eigenvalue weighted by Gasteiger charge is -2.29. The first kappa shape index (κ1) is 21.6. The van der Waals surface area contributed by atoms with E-state index < -0.39 is 0 Å². The number of carbonyl (C=O) groups excluding carboxylic acids is 1. The van der Waals surface area contributed by atoms with Gasteiger partial charge in [0.1, 0.15) is 5.02 Å². The van der Waals surface area contributed by atoms with Crippen LogP contribution in [-0.2, 0) is 4.79 Å². The second-order valence-electron chi connectivity index (χ2n) is 8.33. The van der Waals surface area contributed by atoms with Crippen molar-refractivity contribution in [2.24, 2.45) is 0 Å². The van der Waals surface area contributed by atoms with E-state index in [-0.39, 0.29) is 11.9 Å². The topological polar surface area (TPSA) is 73.4 Å². The summed E-state index contributed by atoms with van der Waals surface area (Å²) in [5.74, 6) is 1.66. The molecule has 3 heterocycles. The number of hydrogen-bond acceptors (Lipinski definition) is 6. The summed E-state index contributed by atoms with van der Waals surface area (Å²) >= 11 is 6.38. The van der Waals surface area contributed by atoms with Crippen molar-refractivity contribution in [2.45, 2.75) is 31.2 Å². The molecule has 2 N–H and O–H groups in total. The van der Waals surface area contributed by atoms with Gasteiger partial charge in [0.2, 0.25) is 11.9 Å². The maximum atomic E-state index is 11.6. The minimum absolute atomic E-state index is 0.0556. The monoisotopic (exact) mass is 440 g/mol. The summed E-state index contributed by atoms with van der Waals surface area (Å²) in [4.78, 5) is 25.0. The van der Waals surface area contributed by atoms with Crippen LogP contribution in [0.15, 0.2) is 43.1 Å². The molecule has 1 aromatic heterocycles. The molecule has 0 aliphatic carbocycles. The molecule has 1 aromatic carbocycles. The van der Waals surface area contributed by atoms with E-state index in [1.165, 1.54) is 24.5 Å². The number of piperidine rings is 1. The summed E-state index contributed by atoms with van der Waals surface area (Å²) in [7, 11) is 2.18. The second kappa shape index (κ2) is 9.66. The SMILES string of the molecule is C=CC(=O)N[C@@H]1CCN(c2nc(Nc3ccc(C4CCN(C)CC4)cc3)ncc2Cl)C1. The van der Waals surface area contributed by atoms with Crippen LogP contribution in [0.3, 0.4) is 0 Å². The highest BCUT2D eigenvalue weighted by Crippen LogP contribution is 2.30. The number of likely N-dealkylation sites (tertiary alicyclic amines) is 1. The molecule has 2 fully saturated rings. The molecule has 0 bridgehead atoms. The number of hydrogen-bond donors (Lipinski definition) is 2. The molecule has 1 atom stereocenters. The summed E-state index contributed by atoms with van der Waals surface area (Å²) in [6.45, 7) is 7.23. The first-order valence-corrected chi connectivity index (χ1v) is 11.2. The molecule has 0 radical (unpaired) electrons. The predicted molar refractivity (Wildman–Crippen MR) is 125 cm³/mol. The average Bonchev–Trinajstić information content (AvgIpc) is 3.24. The van der Waals surface area contributed by atoms with Gasteiger partial charge >= 0.3 is 0 Å². The third-order valence-electron chi connectivity index (χ3n) is 6.10. The lowest BCUT2D eigenvalue weighted by atomic mass is 9.89. The van der Waals surface area contributed by atoms with Crippen molar-refractivity contribution in [1.29, 1.82) is 0 Å². The van der Waals surface area contributed by atoms with E-state index in [9.17, 15) is 4.79 Å². The lowest BCUT2D eigenvalue weighted by molar-refractivity contribution is -0.117. The third kappa shape index (κ3) is 5.35. The van der Waals surface area contributed by atoms with Gasteiger partial charge in [-0.3, -0.25) is 4.79 Å². The number of anilines is 3. The van der Waals surface area contributed by atoms with E-state index in [1.807, 2.05) is 0 Å². The van der Waals surface area contributed by atoms with Crippen LogP contribution in [0.5, 0.6) is 0 Å². The van der Waals surface area contributed by atoms with Crippen LogP contribution < -0.4 is 15.5 Å². The van der Waals surface area contributed by atoms with Crippen molar-refractivity contribution in [2.75, 3.05) is 43.4 Å². The summed E-state index contributed by atoms with van der Waals surface area (Å²) in [5.41, 5.74) is 2.34. The van der Waals surface area contributed by atoms with Gasteiger partial charge in [-0.25, -0.2) is 4.98 Å². The molecule has 0 spiro atoms. The van der Waals surface area contributed by atoms with E-state index in [2.05, 4.69) is 68.3 Å². The minimum Gasteiger partial charge on any atom is -0.353 e. The third-order valence-corrected chi connectivity index (χ3v) is 6.37. The van der Waals surface area contributed by atoms with Gasteiger partial charge in [-0.2, -0.15) is 4.98 Å². The Kier molecular flexibility index (Phi) is 6.73. The Balaban J connectivity index is 1.40. The number of nitrogens with one attached hydrogen (secondary N) is 2. The molecule has 31 heavy (non-hydrogen) atoms. The van der Waals surface area contributed by atoms with E-state index in [1.54, 1.807) is 6.20 Å². The maximum Gasteiger partial charge on any atom is 0.243 e. The van der Waals surface area contributed by atoms with Gasteiger partial charge in [-0.1, -0.05) is 30.3 Å². The predicted octanol–water partition coefficient (Wildman–Crippen LogP) is 3.56. The molecule has 7 nitrogen and oxygen atoms in total. The molecule has 0 unspecified atom stereocenters. The first-order valence-electron chi connectivity index (χ1n) is 10.8. The fourth-order valence-electron chi connectivity index (χ4n) is 4.28. The van der Waals surface area contributed by atoms with E-state index in [0.29, 0.717) is 29.3 Å². The van der Waals surface area contributed by atoms with Crippen molar-refractivity contribution in [3.63, 3.8) is 0 Å². The molecule has 2 aliphatic rings. The van der Waals surface area contributed by atoms with Crippen LogP contribution in [-0.4, -0.2) is 60.0 Å². The quantitative estimate of drug-likeness (QED) is 0.669. The molecule has 2 aliphatic heterocycles. The van der Waals surface area contributed by atoms with Crippen molar-refractivity contribution < 1.29 is 4.79 Å². The second-order valence-corrected chi connectivity index (χ2v) is 8.74. The van der Waals surface area contributed by atoms with E-state index in [4.69, 9.17) is 11.6 Å². The van der Waals surface area contributed by atoms with Crippen molar-refractivity contribution in [3.8, 4) is 0 Å². The molecule has 164 valence electrons. The molecule has 8 heteroatoms. The Morgan fingerprint density at radius 3 is 2.65 bits per heavy atom. The van der Waals surface area contributed by atoms with E-state index >= 15 is 0 Å². The van der Waals surface area contributed by atoms with Crippen molar-refractivity contribution in [1.82, 2.24) is 20.2 Å². The molecule has 2 aromatic rings. The van der Waals surface area contributed by atoms with Crippen LogP contribution in [0, 0.1) is 0 Å². The first-order chi connectivity index (χ1) is 15.0. The Hall–Kier alpha value is -2.64. The molecule has 4 rings (SSSR count). The van der Waals surface area contributed by atoms with Crippen LogP contribution in [0.2, 0.25) is 5.02 Å². The Labute approximate surface area is 188 Å². The Bertz CT molecular complexity index is 926. The molecular formula is C23H29ClN6O. The number of amides is 1. The Morgan fingerprint density at radius 2 is 1.94 bits per heavy atom. The van der Waals surface area contributed by atoms with Crippen LogP contribution in [0.25, 0.3) is 0 Å². The van der Waals surface area contributed by atoms with Crippen LogP contribution >= 0.6 is 11.6 Å². The number of nitrogens with zero attached hydrogens (tertiary/aromatic N) is 4. The van der Waals surface area contributed by atoms with Crippen LogP contribution in [0.1, 0.15) is 30.7 Å². The van der Waals surface area contributed by atoms with Gasteiger partial charge < -0.3 is 20.4 Å². The van der Waals surface area contributed by atoms with Gasteiger partial charge in [-0.15, -0.1) is 0 Å². The number of halogens is 1. The molecule has 1 amide bonds. The standard InChI is InChI=1S/C23H29ClN6O/c1-3-21(31)26-19-10-13-30(15-19)22-20(24)14-25-23(28-22)27-18-6-4-16(5-7-18)17-8-11-29(2)12-9-17/h3-7,14,17,19H,1,8-13,15H2,2H3,(H,26,31)(H,25,27,28)/t19-/m1/s1. The highest BCUT2D eigenvalue weighted by Gasteiger charge is 2.26. The zero-order valence-corrected chi connectivity index (χ0v) is 18.6. The van der Waals surface area contributed by atoms with Crippen molar-refractivity contribution >= 4 is 35.0 Å². The Morgan fingerprint density at radius 1 is 1.19 bits per heavy atom. The summed E-state index contributed by atoms with van der Waals surface area (Å²) in [5, 5.41) is 6.72. The number of rotatable bonds is 6. The van der Waals surface area contributed by atoms with Gasteiger partial charge in [0, 0.05) is 24.8 Å². The van der Waals surface area contributed by atoms with Crippen LogP contribution in [0.4, 0.5) is 17.5 Å². The smallest absolute Gasteiger partial charge is 0.243 e. The largest absolute Gasteiger partial charge is 0.353 e. The molecular weight excluding hydrogens is 412 g/mol. The van der Waals surface area contributed by atoms with Crippen molar-refractivity contribution in [3.05, 3.63) is 53.7 Å². The summed E-state index contributed by atoms with van der Waals surface area (Å²) in [6, 6.07) is 8.62. The number of carbonyl (C=O) groups is 1. The number of aromatic nitrogens is 2. The minimum atomic E-state index is -0.160. The van der Waals surface area contributed by atoms with E-state index in [0.717, 1.165) is 31.7 Å². The van der Waals surface area contributed by atoms with Gasteiger partial charge in [0.25, 0.3) is 0 Å². The highest BCUT2D eigenvalue weighted by atomic mass is 35.5. The summed E-state index contributed by atoms with van der Waals surface area (Å²) < 4.78 is 0.